The van der Waals surface area contributed by atoms with E-state index in [9.17, 15) is 0 Å². The number of nitrogens with zero attached hydrogens (tertiary/aromatic N) is 3. The average molecular weight is 262 g/mol. The van der Waals surface area contributed by atoms with Crippen molar-refractivity contribution in [1.82, 2.24) is 9.97 Å². The van der Waals surface area contributed by atoms with Gasteiger partial charge in [-0.25, -0.2) is 9.97 Å². The van der Waals surface area contributed by atoms with E-state index >= 15 is 0 Å². The quantitative estimate of drug-likeness (QED) is 0.845. The van der Waals surface area contributed by atoms with E-state index in [2.05, 4.69) is 9.97 Å². The van der Waals surface area contributed by atoms with Crippen LogP contribution in [0.3, 0.4) is 0 Å². The van der Waals surface area contributed by atoms with E-state index in [0.29, 0.717) is 18.2 Å². The molecular weight excluding hydrogens is 248 g/mol. The van der Waals surface area contributed by atoms with Gasteiger partial charge in [0.1, 0.15) is 16.4 Å². The highest BCUT2D eigenvalue weighted by Gasteiger charge is 2.10. The van der Waals surface area contributed by atoms with Crippen LogP contribution in [0.1, 0.15) is 17.1 Å². The molecule has 2 aromatic rings. The molecule has 2 heterocycles. The van der Waals surface area contributed by atoms with Crippen LogP contribution < -0.4 is 10.6 Å². The van der Waals surface area contributed by atoms with Gasteiger partial charge in [0.15, 0.2) is 0 Å². The first-order chi connectivity index (χ1) is 8.56. The third-order valence-corrected chi connectivity index (χ3v) is 2.62. The van der Waals surface area contributed by atoms with Crippen LogP contribution in [0.5, 0.6) is 0 Å². The van der Waals surface area contributed by atoms with Crippen molar-refractivity contribution in [3.63, 3.8) is 0 Å². The molecule has 94 valence electrons. The molecule has 0 radical (unpaired) electrons. The van der Waals surface area contributed by atoms with Gasteiger partial charge in [0.2, 0.25) is 5.95 Å². The monoisotopic (exact) mass is 262 g/mol. The maximum Gasteiger partial charge on any atom is 0.226 e. The van der Waals surface area contributed by atoms with E-state index in [0.717, 1.165) is 11.5 Å². The van der Waals surface area contributed by atoms with Crippen molar-refractivity contribution < 1.29 is 4.42 Å². The van der Waals surface area contributed by atoms with Crippen LogP contribution >= 0.6 is 12.2 Å². The predicted molar refractivity (Wildman–Crippen MR) is 73.5 cm³/mol. The van der Waals surface area contributed by atoms with E-state index in [-0.39, 0.29) is 4.99 Å². The smallest absolute Gasteiger partial charge is 0.226 e. The molecular formula is C12H14N4OS. The summed E-state index contributed by atoms with van der Waals surface area (Å²) in [4.78, 5) is 10.8. The van der Waals surface area contributed by atoms with Crippen LogP contribution in [0.4, 0.5) is 5.95 Å². The summed E-state index contributed by atoms with van der Waals surface area (Å²) in [5.74, 6) is 1.42. The number of aromatic nitrogens is 2. The van der Waals surface area contributed by atoms with Gasteiger partial charge in [-0.1, -0.05) is 12.2 Å². The number of hydrogen-bond acceptors (Lipinski definition) is 5. The van der Waals surface area contributed by atoms with Crippen molar-refractivity contribution in [2.24, 2.45) is 5.73 Å². The molecule has 0 spiro atoms. The number of furan rings is 1. The Bertz CT molecular complexity index is 553. The normalized spacial score (nSPS) is 10.3. The van der Waals surface area contributed by atoms with E-state index in [4.69, 9.17) is 22.4 Å². The second-order valence-corrected chi connectivity index (χ2v) is 4.43. The highest BCUT2D eigenvalue weighted by atomic mass is 32.1. The van der Waals surface area contributed by atoms with Crippen LogP contribution in [0.15, 0.2) is 28.9 Å². The molecule has 2 rings (SSSR count). The molecule has 0 aliphatic carbocycles. The van der Waals surface area contributed by atoms with Crippen molar-refractivity contribution >= 4 is 23.2 Å². The molecule has 2 N–H and O–H groups in total. The Labute approximate surface area is 111 Å². The van der Waals surface area contributed by atoms with Gasteiger partial charge >= 0.3 is 0 Å². The average Bonchev–Trinajstić information content (AvgIpc) is 2.80. The van der Waals surface area contributed by atoms with Gasteiger partial charge in [0.05, 0.1) is 12.8 Å². The second-order valence-electron chi connectivity index (χ2n) is 3.99. The van der Waals surface area contributed by atoms with E-state index in [1.165, 1.54) is 0 Å². The van der Waals surface area contributed by atoms with Gasteiger partial charge < -0.3 is 15.1 Å². The summed E-state index contributed by atoms with van der Waals surface area (Å²) in [7, 11) is 1.89. The van der Waals surface area contributed by atoms with E-state index in [1.54, 1.807) is 12.3 Å². The van der Waals surface area contributed by atoms with Crippen LogP contribution in [0.25, 0.3) is 0 Å². The Balaban J connectivity index is 2.24. The fourth-order valence-electron chi connectivity index (χ4n) is 1.56. The highest BCUT2D eigenvalue weighted by molar-refractivity contribution is 7.80. The van der Waals surface area contributed by atoms with Gasteiger partial charge in [-0.3, -0.25) is 0 Å². The van der Waals surface area contributed by atoms with Gasteiger partial charge in [-0.05, 0) is 25.1 Å². The Kier molecular flexibility index (Phi) is 3.57. The van der Waals surface area contributed by atoms with Crippen molar-refractivity contribution in [2.75, 3.05) is 11.9 Å². The molecule has 5 nitrogen and oxygen atoms in total. The first-order valence-electron chi connectivity index (χ1n) is 5.45. The first kappa shape index (κ1) is 12.5. The third kappa shape index (κ3) is 2.84. The molecule has 0 bridgehead atoms. The standard InChI is InChI=1S/C12H14N4OS/c1-8-6-10(11(13)18)15-12(14-8)16(2)7-9-4-3-5-17-9/h3-6H,7H2,1-2H3,(H2,13,18). The van der Waals surface area contributed by atoms with Gasteiger partial charge in [0, 0.05) is 12.7 Å². The van der Waals surface area contributed by atoms with Crippen molar-refractivity contribution in [3.8, 4) is 0 Å². The maximum absolute atomic E-state index is 5.59. The first-order valence-corrected chi connectivity index (χ1v) is 5.86. The van der Waals surface area contributed by atoms with Crippen LogP contribution in [0, 0.1) is 6.92 Å². The predicted octanol–water partition coefficient (Wildman–Crippen LogP) is 1.65. The van der Waals surface area contributed by atoms with Crippen molar-refractivity contribution in [2.45, 2.75) is 13.5 Å². The lowest BCUT2D eigenvalue weighted by Crippen LogP contribution is -2.21. The summed E-state index contributed by atoms with van der Waals surface area (Å²) in [6.07, 6.45) is 1.64. The molecule has 0 saturated carbocycles. The van der Waals surface area contributed by atoms with E-state index in [1.807, 2.05) is 31.0 Å². The topological polar surface area (TPSA) is 68.2 Å². The number of nitrogens with two attached hydrogens (primary N) is 1. The Morgan fingerprint density at radius 2 is 2.28 bits per heavy atom. The minimum atomic E-state index is 0.271. The van der Waals surface area contributed by atoms with Crippen LogP contribution in [-0.4, -0.2) is 22.0 Å². The van der Waals surface area contributed by atoms with Crippen LogP contribution in [-0.2, 0) is 6.54 Å². The Morgan fingerprint density at radius 1 is 1.50 bits per heavy atom. The molecule has 2 aromatic heterocycles. The molecule has 0 unspecified atom stereocenters. The summed E-state index contributed by atoms with van der Waals surface area (Å²) in [5.41, 5.74) is 7.00. The van der Waals surface area contributed by atoms with Crippen LogP contribution in [0.2, 0.25) is 0 Å². The molecule has 18 heavy (non-hydrogen) atoms. The molecule has 0 amide bonds. The van der Waals surface area contributed by atoms with Gasteiger partial charge in [-0.2, -0.15) is 0 Å². The fourth-order valence-corrected chi connectivity index (χ4v) is 1.66. The maximum atomic E-state index is 5.59. The highest BCUT2D eigenvalue weighted by Crippen LogP contribution is 2.12. The van der Waals surface area contributed by atoms with Gasteiger partial charge in [0.25, 0.3) is 0 Å². The third-order valence-electron chi connectivity index (χ3n) is 2.41. The summed E-state index contributed by atoms with van der Waals surface area (Å²) in [6.45, 7) is 2.47. The summed E-state index contributed by atoms with van der Waals surface area (Å²) >= 11 is 4.93. The molecule has 0 atom stereocenters. The lowest BCUT2D eigenvalue weighted by atomic mass is 10.3. The molecule has 0 aliphatic heterocycles. The number of anilines is 1. The zero-order valence-corrected chi connectivity index (χ0v) is 11.1. The summed E-state index contributed by atoms with van der Waals surface area (Å²) < 4.78 is 5.29. The summed E-state index contributed by atoms with van der Waals surface area (Å²) in [5, 5.41) is 0. The molecule has 6 heteroatoms. The van der Waals surface area contributed by atoms with E-state index < -0.39 is 0 Å². The van der Waals surface area contributed by atoms with Gasteiger partial charge in [-0.15, -0.1) is 0 Å². The molecule has 0 saturated heterocycles. The largest absolute Gasteiger partial charge is 0.467 e. The van der Waals surface area contributed by atoms with Crippen molar-refractivity contribution in [3.05, 3.63) is 41.6 Å². The fraction of sp³-hybridized carbons (Fsp3) is 0.250. The number of thiocarbonyl (C=S) groups is 1. The Morgan fingerprint density at radius 3 is 2.89 bits per heavy atom. The Hall–Kier alpha value is -1.95. The lowest BCUT2D eigenvalue weighted by Gasteiger charge is -2.16. The lowest BCUT2D eigenvalue weighted by molar-refractivity contribution is 0.506. The number of aryl methyl sites for hydroxylation is 1. The zero-order valence-electron chi connectivity index (χ0n) is 10.3. The SMILES string of the molecule is Cc1cc(C(N)=S)nc(N(C)Cc2ccco2)n1. The second kappa shape index (κ2) is 5.14. The minimum Gasteiger partial charge on any atom is -0.467 e. The molecule has 0 fully saturated rings. The van der Waals surface area contributed by atoms with Crippen molar-refractivity contribution in [1.29, 1.82) is 0 Å². The zero-order chi connectivity index (χ0) is 13.1. The number of rotatable bonds is 4. The molecule has 0 aliphatic rings. The number of hydrogen-bond donors (Lipinski definition) is 1. The molecule has 0 aromatic carbocycles. The summed E-state index contributed by atoms with van der Waals surface area (Å²) in [6, 6.07) is 5.52. The minimum absolute atomic E-state index is 0.271.